The van der Waals surface area contributed by atoms with E-state index in [0.29, 0.717) is 5.92 Å². The van der Waals surface area contributed by atoms with Crippen molar-refractivity contribution < 1.29 is 4.74 Å². The van der Waals surface area contributed by atoms with Crippen LogP contribution in [0.4, 0.5) is 5.69 Å². The van der Waals surface area contributed by atoms with Crippen molar-refractivity contribution in [3.63, 3.8) is 0 Å². The van der Waals surface area contributed by atoms with Gasteiger partial charge in [-0.05, 0) is 47.0 Å². The molecule has 1 atom stereocenters. The quantitative estimate of drug-likeness (QED) is 0.856. The summed E-state index contributed by atoms with van der Waals surface area (Å²) in [6, 6.07) is 6.13. The molecular weight excluding hydrogens is 242 g/mol. The number of methoxy groups -OCH3 is 1. The van der Waals surface area contributed by atoms with Crippen molar-refractivity contribution in [3.05, 3.63) is 30.1 Å². The molecule has 0 aliphatic rings. The number of tetrazole rings is 1. The second-order valence-electron chi connectivity index (χ2n) is 4.70. The molecule has 6 heteroatoms. The van der Waals surface area contributed by atoms with E-state index in [1.807, 2.05) is 19.1 Å². The summed E-state index contributed by atoms with van der Waals surface area (Å²) < 4.78 is 6.78. The smallest absolute Gasteiger partial charge is 0.143 e. The third kappa shape index (κ3) is 3.51. The van der Waals surface area contributed by atoms with Crippen LogP contribution < -0.4 is 5.32 Å². The van der Waals surface area contributed by atoms with Gasteiger partial charge in [0, 0.05) is 19.3 Å². The predicted molar refractivity (Wildman–Crippen MR) is 73.4 cm³/mol. The highest BCUT2D eigenvalue weighted by molar-refractivity contribution is 5.53. The summed E-state index contributed by atoms with van der Waals surface area (Å²) in [6.07, 6.45) is 1.59. The van der Waals surface area contributed by atoms with Crippen LogP contribution >= 0.6 is 0 Å². The fourth-order valence-corrected chi connectivity index (χ4v) is 1.93. The lowest BCUT2D eigenvalue weighted by atomic mass is 10.1. The molecule has 2 aromatic rings. The molecule has 1 unspecified atom stereocenters. The van der Waals surface area contributed by atoms with E-state index < -0.39 is 0 Å². The van der Waals surface area contributed by atoms with Crippen LogP contribution in [0.3, 0.4) is 0 Å². The van der Waals surface area contributed by atoms with E-state index in [4.69, 9.17) is 4.74 Å². The van der Waals surface area contributed by atoms with Gasteiger partial charge in [0.15, 0.2) is 0 Å². The molecule has 1 aromatic heterocycles. The highest BCUT2D eigenvalue weighted by atomic mass is 16.5. The summed E-state index contributed by atoms with van der Waals surface area (Å²) in [5.41, 5.74) is 3.20. The average molecular weight is 261 g/mol. The fraction of sp³-hybridized carbons (Fsp3) is 0.462. The minimum Gasteiger partial charge on any atom is -0.385 e. The van der Waals surface area contributed by atoms with Gasteiger partial charge in [-0.2, -0.15) is 0 Å². The van der Waals surface area contributed by atoms with Crippen molar-refractivity contribution in [2.24, 2.45) is 5.92 Å². The number of aromatic nitrogens is 4. The lowest BCUT2D eigenvalue weighted by molar-refractivity contribution is 0.164. The summed E-state index contributed by atoms with van der Waals surface area (Å²) in [7, 11) is 1.72. The minimum atomic E-state index is 0.476. The van der Waals surface area contributed by atoms with Crippen molar-refractivity contribution in [3.8, 4) is 5.69 Å². The first-order valence-corrected chi connectivity index (χ1v) is 6.27. The van der Waals surface area contributed by atoms with Gasteiger partial charge in [-0.3, -0.25) is 0 Å². The van der Waals surface area contributed by atoms with Gasteiger partial charge < -0.3 is 10.1 Å². The molecule has 1 heterocycles. The summed E-state index contributed by atoms with van der Waals surface area (Å²) in [5, 5.41) is 14.6. The molecule has 19 heavy (non-hydrogen) atoms. The van der Waals surface area contributed by atoms with Gasteiger partial charge >= 0.3 is 0 Å². The Hall–Kier alpha value is -1.95. The molecule has 0 fully saturated rings. The minimum absolute atomic E-state index is 0.476. The van der Waals surface area contributed by atoms with Gasteiger partial charge in [0.05, 0.1) is 12.3 Å². The summed E-state index contributed by atoms with van der Waals surface area (Å²) in [4.78, 5) is 0. The van der Waals surface area contributed by atoms with Crippen molar-refractivity contribution >= 4 is 5.69 Å². The summed E-state index contributed by atoms with van der Waals surface area (Å²) >= 11 is 0. The van der Waals surface area contributed by atoms with Crippen LogP contribution in [-0.2, 0) is 4.74 Å². The Bertz CT molecular complexity index is 512. The van der Waals surface area contributed by atoms with Crippen molar-refractivity contribution in [1.29, 1.82) is 0 Å². The first kappa shape index (κ1) is 13.5. The molecule has 6 nitrogen and oxygen atoms in total. The summed E-state index contributed by atoms with van der Waals surface area (Å²) in [6.45, 7) is 5.84. The molecule has 0 saturated carbocycles. The zero-order chi connectivity index (χ0) is 13.7. The van der Waals surface area contributed by atoms with Crippen LogP contribution in [0.25, 0.3) is 5.69 Å². The Labute approximate surface area is 112 Å². The topological polar surface area (TPSA) is 64.9 Å². The van der Waals surface area contributed by atoms with Gasteiger partial charge in [-0.25, -0.2) is 4.68 Å². The Morgan fingerprint density at radius 1 is 1.42 bits per heavy atom. The second kappa shape index (κ2) is 6.29. The van der Waals surface area contributed by atoms with Crippen LogP contribution in [0.2, 0.25) is 0 Å². The van der Waals surface area contributed by atoms with Crippen molar-refractivity contribution in [2.45, 2.75) is 13.8 Å². The van der Waals surface area contributed by atoms with Crippen LogP contribution in [0.5, 0.6) is 0 Å². The number of hydrogen-bond donors (Lipinski definition) is 1. The molecule has 1 aromatic carbocycles. The lowest BCUT2D eigenvalue weighted by Crippen LogP contribution is -2.15. The van der Waals surface area contributed by atoms with E-state index in [1.165, 1.54) is 0 Å². The number of aryl methyl sites for hydroxylation is 1. The molecule has 0 aliphatic heterocycles. The SMILES string of the molecule is COCC(C)CNc1ccc(-n2cnnn2)c(C)c1. The van der Waals surface area contributed by atoms with Gasteiger partial charge in [-0.15, -0.1) is 5.10 Å². The Balaban J connectivity index is 2.03. The number of nitrogens with zero attached hydrogens (tertiary/aromatic N) is 4. The van der Waals surface area contributed by atoms with Crippen molar-refractivity contribution in [1.82, 2.24) is 20.2 Å². The molecule has 102 valence electrons. The van der Waals surface area contributed by atoms with E-state index in [0.717, 1.165) is 30.1 Å². The zero-order valence-electron chi connectivity index (χ0n) is 11.5. The first-order chi connectivity index (χ1) is 9.20. The number of hydrogen-bond acceptors (Lipinski definition) is 5. The summed E-state index contributed by atoms with van der Waals surface area (Å²) in [5.74, 6) is 0.476. The van der Waals surface area contributed by atoms with E-state index in [9.17, 15) is 0 Å². The van der Waals surface area contributed by atoms with Crippen LogP contribution in [0.1, 0.15) is 12.5 Å². The molecular formula is C13H19N5O. The second-order valence-corrected chi connectivity index (χ2v) is 4.70. The third-order valence-electron chi connectivity index (χ3n) is 2.90. The first-order valence-electron chi connectivity index (χ1n) is 6.27. The lowest BCUT2D eigenvalue weighted by Gasteiger charge is -2.14. The Kier molecular flexibility index (Phi) is 4.46. The zero-order valence-corrected chi connectivity index (χ0v) is 11.5. The molecule has 0 amide bonds. The third-order valence-corrected chi connectivity index (χ3v) is 2.90. The van der Waals surface area contributed by atoms with Crippen LogP contribution in [0, 0.1) is 12.8 Å². The van der Waals surface area contributed by atoms with Crippen LogP contribution in [-0.4, -0.2) is 40.5 Å². The molecule has 0 aliphatic carbocycles. The predicted octanol–water partition coefficient (Wildman–Crippen LogP) is 1.67. The number of ether oxygens (including phenoxy) is 1. The highest BCUT2D eigenvalue weighted by Gasteiger charge is 2.05. The van der Waals surface area contributed by atoms with E-state index in [2.05, 4.69) is 33.8 Å². The number of anilines is 1. The van der Waals surface area contributed by atoms with Gasteiger partial charge in [0.1, 0.15) is 6.33 Å². The molecule has 0 spiro atoms. The highest BCUT2D eigenvalue weighted by Crippen LogP contribution is 2.18. The van der Waals surface area contributed by atoms with Crippen LogP contribution in [0.15, 0.2) is 24.5 Å². The maximum absolute atomic E-state index is 5.12. The standard InChI is InChI=1S/C13H19N5O/c1-10(8-19-3)7-14-12-4-5-13(11(2)6-12)18-9-15-16-17-18/h4-6,9-10,14H,7-8H2,1-3H3. The molecule has 2 rings (SSSR count). The molecule has 1 N–H and O–H groups in total. The number of benzene rings is 1. The number of nitrogens with one attached hydrogen (secondary N) is 1. The Morgan fingerprint density at radius 3 is 2.89 bits per heavy atom. The number of rotatable bonds is 6. The monoisotopic (exact) mass is 261 g/mol. The maximum Gasteiger partial charge on any atom is 0.143 e. The molecule has 0 radical (unpaired) electrons. The normalized spacial score (nSPS) is 12.4. The van der Waals surface area contributed by atoms with E-state index >= 15 is 0 Å². The largest absolute Gasteiger partial charge is 0.385 e. The van der Waals surface area contributed by atoms with Gasteiger partial charge in [0.2, 0.25) is 0 Å². The molecule has 0 saturated heterocycles. The average Bonchev–Trinajstić information content (AvgIpc) is 2.90. The van der Waals surface area contributed by atoms with Gasteiger partial charge in [0.25, 0.3) is 0 Å². The maximum atomic E-state index is 5.12. The van der Waals surface area contributed by atoms with Crippen molar-refractivity contribution in [2.75, 3.05) is 25.6 Å². The Morgan fingerprint density at radius 2 is 2.26 bits per heavy atom. The van der Waals surface area contributed by atoms with E-state index in [-0.39, 0.29) is 0 Å². The van der Waals surface area contributed by atoms with Gasteiger partial charge in [-0.1, -0.05) is 6.92 Å². The van der Waals surface area contributed by atoms with E-state index in [1.54, 1.807) is 18.1 Å². The molecule has 0 bridgehead atoms. The fourth-order valence-electron chi connectivity index (χ4n) is 1.93.